The molecule has 0 N–H and O–H groups in total. The summed E-state index contributed by atoms with van der Waals surface area (Å²) in [6.45, 7) is 8.81. The van der Waals surface area contributed by atoms with Crippen molar-refractivity contribution >= 4 is 43.1 Å². The van der Waals surface area contributed by atoms with E-state index in [2.05, 4.69) is 100 Å². The third-order valence-electron chi connectivity index (χ3n) is 6.63. The molecular formula is C30H24. The van der Waals surface area contributed by atoms with Crippen molar-refractivity contribution in [3.63, 3.8) is 0 Å². The second kappa shape index (κ2) is 6.06. The molecule has 0 heterocycles. The van der Waals surface area contributed by atoms with Gasteiger partial charge in [-0.25, -0.2) is 0 Å². The fourth-order valence-electron chi connectivity index (χ4n) is 5.45. The Hall–Kier alpha value is -3.38. The van der Waals surface area contributed by atoms with Gasteiger partial charge < -0.3 is 0 Å². The third-order valence-corrected chi connectivity index (χ3v) is 6.63. The predicted octanol–water partition coefficient (Wildman–Crippen LogP) is 8.64. The summed E-state index contributed by atoms with van der Waals surface area (Å²) in [6, 6.07) is 27.6. The molecule has 0 atom stereocenters. The average Bonchev–Trinajstić information content (AvgIpc) is 2.71. The van der Waals surface area contributed by atoms with E-state index in [1.165, 1.54) is 76.5 Å². The molecule has 0 spiro atoms. The Morgan fingerprint density at radius 1 is 0.433 bits per heavy atom. The Balaban J connectivity index is 1.88. The molecule has 0 aliphatic heterocycles. The lowest BCUT2D eigenvalue weighted by Crippen LogP contribution is -1.92. The minimum atomic E-state index is 1.31. The van der Waals surface area contributed by atoms with Crippen LogP contribution < -0.4 is 0 Å². The van der Waals surface area contributed by atoms with Gasteiger partial charge in [-0.05, 0) is 93.0 Å². The second-order valence-corrected chi connectivity index (χ2v) is 8.93. The Morgan fingerprint density at radius 2 is 1.00 bits per heavy atom. The zero-order valence-electron chi connectivity index (χ0n) is 17.9. The highest BCUT2D eigenvalue weighted by molar-refractivity contribution is 6.34. The van der Waals surface area contributed by atoms with Crippen LogP contribution in [0.3, 0.4) is 0 Å². The van der Waals surface area contributed by atoms with E-state index in [0.29, 0.717) is 0 Å². The summed E-state index contributed by atoms with van der Waals surface area (Å²) in [7, 11) is 0. The first-order chi connectivity index (χ1) is 14.5. The van der Waals surface area contributed by atoms with Gasteiger partial charge in [0.1, 0.15) is 0 Å². The van der Waals surface area contributed by atoms with Gasteiger partial charge in [0.2, 0.25) is 0 Å². The molecule has 0 heteroatoms. The fourth-order valence-corrected chi connectivity index (χ4v) is 5.45. The van der Waals surface area contributed by atoms with E-state index in [-0.39, 0.29) is 0 Å². The van der Waals surface area contributed by atoms with Gasteiger partial charge in [-0.3, -0.25) is 0 Å². The van der Waals surface area contributed by atoms with Crippen molar-refractivity contribution in [2.24, 2.45) is 0 Å². The van der Waals surface area contributed by atoms with Gasteiger partial charge in [-0.2, -0.15) is 0 Å². The first-order valence-electron chi connectivity index (χ1n) is 10.7. The fraction of sp³-hybridized carbons (Fsp3) is 0.133. The van der Waals surface area contributed by atoms with Crippen LogP contribution in [0.1, 0.15) is 22.3 Å². The zero-order chi connectivity index (χ0) is 20.6. The lowest BCUT2D eigenvalue weighted by Gasteiger charge is -2.18. The van der Waals surface area contributed by atoms with E-state index >= 15 is 0 Å². The molecule has 0 aliphatic carbocycles. The first-order valence-corrected chi connectivity index (χ1v) is 10.7. The molecule has 30 heavy (non-hydrogen) atoms. The maximum atomic E-state index is 2.37. The summed E-state index contributed by atoms with van der Waals surface area (Å²) in [4.78, 5) is 0. The maximum absolute atomic E-state index is 2.37. The molecule has 144 valence electrons. The van der Waals surface area contributed by atoms with Crippen LogP contribution in [0.2, 0.25) is 0 Å². The third kappa shape index (κ3) is 2.34. The van der Waals surface area contributed by atoms with Gasteiger partial charge in [0, 0.05) is 0 Å². The number of benzene rings is 6. The SMILES string of the molecule is Cc1cc(C)cc(-c2ccc3c4cccc5c(C)ccc(c6cc(C)cc2c36)c54)c1. The molecule has 0 bridgehead atoms. The number of hydrogen-bond donors (Lipinski definition) is 0. The van der Waals surface area contributed by atoms with Gasteiger partial charge in [0.15, 0.2) is 0 Å². The second-order valence-electron chi connectivity index (χ2n) is 8.93. The molecule has 6 rings (SSSR count). The van der Waals surface area contributed by atoms with Crippen LogP contribution >= 0.6 is 0 Å². The van der Waals surface area contributed by atoms with E-state index in [1.54, 1.807) is 0 Å². The van der Waals surface area contributed by atoms with Crippen LogP contribution in [0.4, 0.5) is 0 Å². The highest BCUT2D eigenvalue weighted by atomic mass is 14.2. The molecule has 0 aliphatic rings. The van der Waals surface area contributed by atoms with Crippen molar-refractivity contribution in [3.05, 3.63) is 95.1 Å². The minimum absolute atomic E-state index is 1.31. The van der Waals surface area contributed by atoms with Crippen molar-refractivity contribution in [1.29, 1.82) is 0 Å². The number of hydrogen-bond acceptors (Lipinski definition) is 0. The lowest BCUT2D eigenvalue weighted by atomic mass is 9.85. The first kappa shape index (κ1) is 17.5. The van der Waals surface area contributed by atoms with Gasteiger partial charge in [0.25, 0.3) is 0 Å². The summed E-state index contributed by atoms with van der Waals surface area (Å²) in [6.07, 6.45) is 0. The largest absolute Gasteiger partial charge is 0.0610 e. The standard InChI is InChI=1S/C30H24/c1-17-12-18(2)14-21(13-17)23-10-11-25-24-7-5-6-22-20(4)8-9-26(29(22)24)28-16-19(3)15-27(23)30(25)28/h5-16H,1-4H3. The van der Waals surface area contributed by atoms with Crippen LogP contribution in [0.5, 0.6) is 0 Å². The van der Waals surface area contributed by atoms with Crippen LogP contribution in [0.15, 0.2) is 72.8 Å². The monoisotopic (exact) mass is 384 g/mol. The van der Waals surface area contributed by atoms with Crippen molar-refractivity contribution in [2.45, 2.75) is 27.7 Å². The molecule has 0 aromatic heterocycles. The summed E-state index contributed by atoms with van der Waals surface area (Å²) in [5, 5.41) is 11.0. The van der Waals surface area contributed by atoms with Gasteiger partial charge in [0.05, 0.1) is 0 Å². The molecule has 0 saturated heterocycles. The van der Waals surface area contributed by atoms with E-state index < -0.39 is 0 Å². The minimum Gasteiger partial charge on any atom is -0.0610 e. The van der Waals surface area contributed by atoms with Crippen molar-refractivity contribution in [3.8, 4) is 11.1 Å². The number of aryl methyl sites for hydroxylation is 4. The normalized spacial score (nSPS) is 12.0. The Kier molecular flexibility index (Phi) is 3.53. The molecule has 6 aromatic carbocycles. The molecule has 0 nitrogen and oxygen atoms in total. The van der Waals surface area contributed by atoms with Crippen LogP contribution in [0, 0.1) is 27.7 Å². The van der Waals surface area contributed by atoms with Gasteiger partial charge in [-0.15, -0.1) is 0 Å². The topological polar surface area (TPSA) is 0 Å². The van der Waals surface area contributed by atoms with E-state index in [4.69, 9.17) is 0 Å². The quantitative estimate of drug-likeness (QED) is 0.196. The summed E-state index contributed by atoms with van der Waals surface area (Å²) < 4.78 is 0. The van der Waals surface area contributed by atoms with Crippen molar-refractivity contribution in [2.75, 3.05) is 0 Å². The molecule has 0 saturated carbocycles. The Labute approximate surface area is 177 Å². The maximum Gasteiger partial charge on any atom is -0.00199 e. The highest BCUT2D eigenvalue weighted by Gasteiger charge is 2.16. The van der Waals surface area contributed by atoms with E-state index in [9.17, 15) is 0 Å². The number of rotatable bonds is 1. The Morgan fingerprint density at radius 3 is 1.80 bits per heavy atom. The molecule has 0 fully saturated rings. The highest BCUT2D eigenvalue weighted by Crippen LogP contribution is 2.44. The van der Waals surface area contributed by atoms with Gasteiger partial charge in [-0.1, -0.05) is 83.9 Å². The van der Waals surface area contributed by atoms with Crippen LogP contribution in [-0.2, 0) is 0 Å². The van der Waals surface area contributed by atoms with Crippen molar-refractivity contribution < 1.29 is 0 Å². The molecule has 0 unspecified atom stereocenters. The number of fused-ring (bicyclic) bond motifs is 2. The zero-order valence-corrected chi connectivity index (χ0v) is 17.9. The van der Waals surface area contributed by atoms with E-state index in [0.717, 1.165) is 0 Å². The summed E-state index contributed by atoms with van der Waals surface area (Å²) in [5.74, 6) is 0. The predicted molar refractivity (Wildman–Crippen MR) is 132 cm³/mol. The molecule has 0 amide bonds. The van der Waals surface area contributed by atoms with Crippen molar-refractivity contribution in [1.82, 2.24) is 0 Å². The van der Waals surface area contributed by atoms with Crippen LogP contribution in [-0.4, -0.2) is 0 Å². The summed E-state index contributed by atoms with van der Waals surface area (Å²) >= 11 is 0. The van der Waals surface area contributed by atoms with E-state index in [1.807, 2.05) is 0 Å². The Bertz CT molecular complexity index is 1600. The molecule has 0 radical (unpaired) electrons. The molecule has 6 aromatic rings. The average molecular weight is 385 g/mol. The molecular weight excluding hydrogens is 360 g/mol. The van der Waals surface area contributed by atoms with Gasteiger partial charge >= 0.3 is 0 Å². The smallest absolute Gasteiger partial charge is 0.00199 e. The van der Waals surface area contributed by atoms with Crippen LogP contribution in [0.25, 0.3) is 54.2 Å². The lowest BCUT2D eigenvalue weighted by molar-refractivity contribution is 1.39. The summed E-state index contributed by atoms with van der Waals surface area (Å²) in [5.41, 5.74) is 7.92.